The Labute approximate surface area is 75.2 Å². The quantitative estimate of drug-likeness (QED) is 0.784. The summed E-state index contributed by atoms with van der Waals surface area (Å²) in [6.07, 6.45) is -0.856. The molecule has 0 atom stereocenters. The van der Waals surface area contributed by atoms with Crippen molar-refractivity contribution < 1.29 is 9.90 Å². The largest absolute Gasteiger partial charge is 0.465 e. The molecule has 0 radical (unpaired) electrons. The molecule has 0 saturated carbocycles. The zero-order valence-electron chi connectivity index (χ0n) is 6.86. The van der Waals surface area contributed by atoms with E-state index in [4.69, 9.17) is 5.11 Å². The van der Waals surface area contributed by atoms with E-state index in [1.54, 1.807) is 11.3 Å². The minimum absolute atomic E-state index is 0.503. The van der Waals surface area contributed by atoms with Crippen LogP contribution in [0.3, 0.4) is 0 Å². The Balaban J connectivity index is 2.54. The molecule has 0 spiro atoms. The Morgan fingerprint density at radius 1 is 1.75 bits per heavy atom. The van der Waals surface area contributed by atoms with E-state index in [-0.39, 0.29) is 0 Å². The molecule has 66 valence electrons. The van der Waals surface area contributed by atoms with Crippen molar-refractivity contribution >= 4 is 17.4 Å². The van der Waals surface area contributed by atoms with Gasteiger partial charge >= 0.3 is 6.09 Å². The highest BCUT2D eigenvalue weighted by atomic mass is 32.1. The van der Waals surface area contributed by atoms with Gasteiger partial charge in [0.2, 0.25) is 0 Å². The number of nitrogens with zero attached hydrogens (tertiary/aromatic N) is 1. The van der Waals surface area contributed by atoms with Gasteiger partial charge in [-0.3, -0.25) is 0 Å². The second-order valence-corrected chi connectivity index (χ2v) is 3.41. The highest BCUT2D eigenvalue weighted by Gasteiger charge is 2.09. The Bertz CT molecular complexity index is 246. The SMILES string of the molecule is CCN(Cc1cccs1)C(=O)O. The van der Waals surface area contributed by atoms with Crippen LogP contribution in [0.1, 0.15) is 11.8 Å². The monoisotopic (exact) mass is 185 g/mol. The van der Waals surface area contributed by atoms with E-state index in [2.05, 4.69) is 0 Å². The van der Waals surface area contributed by atoms with Gasteiger partial charge in [-0.15, -0.1) is 11.3 Å². The molecule has 0 aliphatic carbocycles. The maximum atomic E-state index is 10.6. The third kappa shape index (κ3) is 2.23. The molecule has 0 unspecified atom stereocenters. The van der Waals surface area contributed by atoms with Crippen LogP contribution in [0.5, 0.6) is 0 Å². The Kier molecular flexibility index (Phi) is 3.10. The molecule has 0 fully saturated rings. The molecule has 3 nitrogen and oxygen atoms in total. The lowest BCUT2D eigenvalue weighted by Gasteiger charge is -2.15. The number of rotatable bonds is 3. The Morgan fingerprint density at radius 2 is 2.50 bits per heavy atom. The predicted molar refractivity (Wildman–Crippen MR) is 48.4 cm³/mol. The number of carbonyl (C=O) groups is 1. The summed E-state index contributed by atoms with van der Waals surface area (Å²) in [5.41, 5.74) is 0. The minimum Gasteiger partial charge on any atom is -0.465 e. The lowest BCUT2D eigenvalue weighted by Crippen LogP contribution is -2.27. The van der Waals surface area contributed by atoms with Crippen LogP contribution in [-0.2, 0) is 6.54 Å². The van der Waals surface area contributed by atoms with Crippen molar-refractivity contribution in [3.8, 4) is 0 Å². The first-order chi connectivity index (χ1) is 5.74. The lowest BCUT2D eigenvalue weighted by molar-refractivity contribution is 0.145. The van der Waals surface area contributed by atoms with E-state index >= 15 is 0 Å². The van der Waals surface area contributed by atoms with E-state index in [1.165, 1.54) is 4.90 Å². The van der Waals surface area contributed by atoms with Gasteiger partial charge in [-0.1, -0.05) is 6.07 Å². The molecule has 0 bridgehead atoms. The molecule has 1 aromatic rings. The van der Waals surface area contributed by atoms with Crippen LogP contribution in [0, 0.1) is 0 Å². The molecule has 0 aliphatic rings. The maximum Gasteiger partial charge on any atom is 0.407 e. The second-order valence-electron chi connectivity index (χ2n) is 2.38. The number of hydrogen-bond donors (Lipinski definition) is 1. The summed E-state index contributed by atoms with van der Waals surface area (Å²) in [6.45, 7) is 2.87. The van der Waals surface area contributed by atoms with Gasteiger partial charge in [0.25, 0.3) is 0 Å². The zero-order chi connectivity index (χ0) is 8.97. The fraction of sp³-hybridized carbons (Fsp3) is 0.375. The molecule has 0 aliphatic heterocycles. The molecular weight excluding hydrogens is 174 g/mol. The van der Waals surface area contributed by atoms with Crippen molar-refractivity contribution in [1.29, 1.82) is 0 Å². The van der Waals surface area contributed by atoms with Crippen LogP contribution in [-0.4, -0.2) is 22.6 Å². The van der Waals surface area contributed by atoms with Gasteiger partial charge in [0.1, 0.15) is 0 Å². The average Bonchev–Trinajstić information content (AvgIpc) is 2.51. The normalized spacial score (nSPS) is 9.75. The molecular formula is C8H11NO2S. The van der Waals surface area contributed by atoms with Gasteiger partial charge in [-0.05, 0) is 18.4 Å². The van der Waals surface area contributed by atoms with Crippen molar-refractivity contribution in [2.24, 2.45) is 0 Å². The maximum absolute atomic E-state index is 10.6. The average molecular weight is 185 g/mol. The predicted octanol–water partition coefficient (Wildman–Crippen LogP) is 2.25. The second kappa shape index (κ2) is 4.11. The van der Waals surface area contributed by atoms with E-state index in [9.17, 15) is 4.79 Å². The summed E-state index contributed by atoms with van der Waals surface area (Å²) >= 11 is 1.58. The number of thiophene rings is 1. The van der Waals surface area contributed by atoms with Gasteiger partial charge < -0.3 is 10.0 Å². The van der Waals surface area contributed by atoms with Crippen LogP contribution in [0.2, 0.25) is 0 Å². The molecule has 1 rings (SSSR count). The first kappa shape index (κ1) is 9.06. The number of hydrogen-bond acceptors (Lipinski definition) is 2. The summed E-state index contributed by atoms with van der Waals surface area (Å²) in [5.74, 6) is 0. The summed E-state index contributed by atoms with van der Waals surface area (Å²) < 4.78 is 0. The molecule has 1 amide bonds. The van der Waals surface area contributed by atoms with Gasteiger partial charge in [0.15, 0.2) is 0 Å². The Hall–Kier alpha value is -1.03. The summed E-state index contributed by atoms with van der Waals surface area (Å²) in [4.78, 5) is 13.1. The topological polar surface area (TPSA) is 40.5 Å². The molecule has 1 aromatic heterocycles. The third-order valence-electron chi connectivity index (χ3n) is 1.58. The molecule has 0 aromatic carbocycles. The minimum atomic E-state index is -0.856. The number of amides is 1. The van der Waals surface area contributed by atoms with Crippen LogP contribution >= 0.6 is 11.3 Å². The van der Waals surface area contributed by atoms with E-state index in [0.717, 1.165) is 4.88 Å². The van der Waals surface area contributed by atoms with E-state index in [0.29, 0.717) is 13.1 Å². The van der Waals surface area contributed by atoms with Crippen LogP contribution in [0.25, 0.3) is 0 Å². The molecule has 0 saturated heterocycles. The Morgan fingerprint density at radius 3 is 2.92 bits per heavy atom. The fourth-order valence-electron chi connectivity index (χ4n) is 0.905. The van der Waals surface area contributed by atoms with Crippen molar-refractivity contribution in [3.05, 3.63) is 22.4 Å². The third-order valence-corrected chi connectivity index (χ3v) is 2.44. The fourth-order valence-corrected chi connectivity index (χ4v) is 1.62. The van der Waals surface area contributed by atoms with Gasteiger partial charge in [0.05, 0.1) is 6.54 Å². The van der Waals surface area contributed by atoms with Gasteiger partial charge in [0, 0.05) is 11.4 Å². The highest BCUT2D eigenvalue weighted by Crippen LogP contribution is 2.11. The van der Waals surface area contributed by atoms with E-state index < -0.39 is 6.09 Å². The highest BCUT2D eigenvalue weighted by molar-refractivity contribution is 7.09. The van der Waals surface area contributed by atoms with Crippen LogP contribution in [0.15, 0.2) is 17.5 Å². The smallest absolute Gasteiger partial charge is 0.407 e. The molecule has 1 N–H and O–H groups in total. The van der Waals surface area contributed by atoms with Gasteiger partial charge in [-0.25, -0.2) is 4.79 Å². The molecule has 4 heteroatoms. The molecule has 12 heavy (non-hydrogen) atoms. The lowest BCUT2D eigenvalue weighted by atomic mass is 10.4. The molecule has 1 heterocycles. The van der Waals surface area contributed by atoms with Crippen molar-refractivity contribution in [1.82, 2.24) is 4.90 Å². The summed E-state index contributed by atoms with van der Waals surface area (Å²) in [5, 5.41) is 10.7. The first-order valence-corrected chi connectivity index (χ1v) is 4.62. The van der Waals surface area contributed by atoms with E-state index in [1.807, 2.05) is 24.4 Å². The van der Waals surface area contributed by atoms with Crippen LogP contribution < -0.4 is 0 Å². The van der Waals surface area contributed by atoms with Crippen molar-refractivity contribution in [2.45, 2.75) is 13.5 Å². The van der Waals surface area contributed by atoms with Gasteiger partial charge in [-0.2, -0.15) is 0 Å². The summed E-state index contributed by atoms with van der Waals surface area (Å²) in [7, 11) is 0. The van der Waals surface area contributed by atoms with Crippen LogP contribution in [0.4, 0.5) is 4.79 Å². The summed E-state index contributed by atoms with van der Waals surface area (Å²) in [6, 6.07) is 3.87. The van der Waals surface area contributed by atoms with Crippen molar-refractivity contribution in [3.63, 3.8) is 0 Å². The van der Waals surface area contributed by atoms with Crippen molar-refractivity contribution in [2.75, 3.05) is 6.54 Å². The first-order valence-electron chi connectivity index (χ1n) is 3.74. The standard InChI is InChI=1S/C8H11NO2S/c1-2-9(8(10)11)6-7-4-3-5-12-7/h3-5H,2,6H2,1H3,(H,10,11). The zero-order valence-corrected chi connectivity index (χ0v) is 7.67. The number of carboxylic acid groups (broad SMARTS) is 1.